The lowest BCUT2D eigenvalue weighted by Crippen LogP contribution is -2.43. The number of anilines is 2. The van der Waals surface area contributed by atoms with Crippen LogP contribution in [0.1, 0.15) is 19.4 Å². The first-order chi connectivity index (χ1) is 7.56. The van der Waals surface area contributed by atoms with Crippen LogP contribution < -0.4 is 11.1 Å². The van der Waals surface area contributed by atoms with Crippen molar-refractivity contribution in [2.45, 2.75) is 25.8 Å². The number of aromatic nitrogens is 2. The van der Waals surface area contributed by atoms with Crippen molar-refractivity contribution >= 4 is 11.6 Å². The molecule has 0 spiro atoms. The van der Waals surface area contributed by atoms with Gasteiger partial charge in [0.1, 0.15) is 18.0 Å². The molecule has 6 nitrogen and oxygen atoms in total. The van der Waals surface area contributed by atoms with Crippen LogP contribution in [0.4, 0.5) is 11.6 Å². The predicted molar refractivity (Wildman–Crippen MR) is 62.0 cm³/mol. The first-order valence-corrected chi connectivity index (χ1v) is 5.15. The predicted octanol–water partition coefficient (Wildman–Crippen LogP) is -0.224. The maximum absolute atomic E-state index is 9.18. The normalized spacial score (nSPS) is 11.5. The smallest absolute Gasteiger partial charge is 0.135 e. The Morgan fingerprint density at radius 2 is 2.00 bits per heavy atom. The Morgan fingerprint density at radius 1 is 1.38 bits per heavy atom. The van der Waals surface area contributed by atoms with Gasteiger partial charge >= 0.3 is 0 Å². The van der Waals surface area contributed by atoms with Crippen LogP contribution in [0.3, 0.4) is 0 Å². The summed E-state index contributed by atoms with van der Waals surface area (Å²) in [5, 5.41) is 21.3. The molecule has 1 aromatic rings. The van der Waals surface area contributed by atoms with E-state index in [0.29, 0.717) is 18.1 Å². The van der Waals surface area contributed by atoms with Gasteiger partial charge in [0.15, 0.2) is 0 Å². The molecule has 1 rings (SSSR count). The largest absolute Gasteiger partial charge is 0.394 e. The lowest BCUT2D eigenvalue weighted by molar-refractivity contribution is 0.147. The highest BCUT2D eigenvalue weighted by Gasteiger charge is 2.24. The lowest BCUT2D eigenvalue weighted by atomic mass is 10.0. The Morgan fingerprint density at radius 3 is 2.50 bits per heavy atom. The standard InChI is InChI=1S/C10H18N4O2/c1-3-7-8(11)12-6-13-9(7)14-10(2,4-15)5-16/h6,15-16H,3-5H2,1-2H3,(H3,11,12,13,14). The fourth-order valence-corrected chi connectivity index (χ4v) is 1.30. The molecule has 0 saturated carbocycles. The van der Waals surface area contributed by atoms with Gasteiger partial charge in [-0.25, -0.2) is 9.97 Å². The number of rotatable bonds is 5. The van der Waals surface area contributed by atoms with E-state index in [0.717, 1.165) is 5.56 Å². The highest BCUT2D eigenvalue weighted by molar-refractivity contribution is 5.56. The summed E-state index contributed by atoms with van der Waals surface area (Å²) in [6, 6.07) is 0. The van der Waals surface area contributed by atoms with Gasteiger partial charge in [-0.05, 0) is 13.3 Å². The Balaban J connectivity index is 3.01. The van der Waals surface area contributed by atoms with Crippen molar-refractivity contribution in [3.8, 4) is 0 Å². The van der Waals surface area contributed by atoms with Gasteiger partial charge in [0.05, 0.1) is 18.8 Å². The van der Waals surface area contributed by atoms with Gasteiger partial charge in [0.25, 0.3) is 0 Å². The average Bonchev–Trinajstić information content (AvgIpc) is 2.29. The van der Waals surface area contributed by atoms with Crippen LogP contribution in [0.15, 0.2) is 6.33 Å². The van der Waals surface area contributed by atoms with Crippen LogP contribution in [0.25, 0.3) is 0 Å². The molecule has 90 valence electrons. The number of nitrogens with one attached hydrogen (secondary N) is 1. The summed E-state index contributed by atoms with van der Waals surface area (Å²) in [7, 11) is 0. The Hall–Kier alpha value is -1.40. The van der Waals surface area contributed by atoms with Crippen molar-refractivity contribution in [2.75, 3.05) is 24.3 Å². The molecule has 0 bridgehead atoms. The van der Waals surface area contributed by atoms with E-state index in [2.05, 4.69) is 15.3 Å². The number of hydrogen-bond donors (Lipinski definition) is 4. The fourth-order valence-electron chi connectivity index (χ4n) is 1.30. The summed E-state index contributed by atoms with van der Waals surface area (Å²) in [6.07, 6.45) is 2.04. The van der Waals surface area contributed by atoms with Crippen LogP contribution >= 0.6 is 0 Å². The quantitative estimate of drug-likeness (QED) is 0.553. The highest BCUT2D eigenvalue weighted by Crippen LogP contribution is 2.21. The number of aliphatic hydroxyl groups excluding tert-OH is 2. The zero-order valence-corrected chi connectivity index (χ0v) is 9.56. The first kappa shape index (κ1) is 12.7. The zero-order chi connectivity index (χ0) is 12.2. The number of nitrogens with zero attached hydrogens (tertiary/aromatic N) is 2. The maximum Gasteiger partial charge on any atom is 0.135 e. The Kier molecular flexibility index (Phi) is 4.03. The van der Waals surface area contributed by atoms with Gasteiger partial charge in [-0.2, -0.15) is 0 Å². The van der Waals surface area contributed by atoms with E-state index >= 15 is 0 Å². The van der Waals surface area contributed by atoms with Crippen LogP contribution in [-0.4, -0.2) is 38.9 Å². The Bertz CT molecular complexity index is 353. The van der Waals surface area contributed by atoms with Crippen molar-refractivity contribution in [3.63, 3.8) is 0 Å². The molecule has 0 aliphatic heterocycles. The van der Waals surface area contributed by atoms with Crippen LogP contribution in [0.5, 0.6) is 0 Å². The maximum atomic E-state index is 9.18. The van der Waals surface area contributed by atoms with Crippen molar-refractivity contribution in [3.05, 3.63) is 11.9 Å². The van der Waals surface area contributed by atoms with E-state index in [9.17, 15) is 10.2 Å². The lowest BCUT2D eigenvalue weighted by Gasteiger charge is -2.27. The third kappa shape index (κ3) is 2.59. The van der Waals surface area contributed by atoms with E-state index in [4.69, 9.17) is 5.73 Å². The van der Waals surface area contributed by atoms with Crippen molar-refractivity contribution in [2.24, 2.45) is 0 Å². The summed E-state index contributed by atoms with van der Waals surface area (Å²) in [5.41, 5.74) is 5.69. The van der Waals surface area contributed by atoms with Gasteiger partial charge in [-0.15, -0.1) is 0 Å². The molecule has 5 N–H and O–H groups in total. The summed E-state index contributed by atoms with van der Waals surface area (Å²) in [6.45, 7) is 3.24. The number of nitrogens with two attached hydrogens (primary N) is 1. The molecule has 1 aromatic heterocycles. The third-order valence-electron chi connectivity index (χ3n) is 2.45. The molecule has 1 heterocycles. The summed E-state index contributed by atoms with van der Waals surface area (Å²) < 4.78 is 0. The topological polar surface area (TPSA) is 104 Å². The Labute approximate surface area is 94.5 Å². The third-order valence-corrected chi connectivity index (χ3v) is 2.45. The van der Waals surface area contributed by atoms with Crippen LogP contribution in [0, 0.1) is 0 Å². The van der Waals surface area contributed by atoms with E-state index in [1.165, 1.54) is 6.33 Å². The summed E-state index contributed by atoms with van der Waals surface area (Å²) >= 11 is 0. The van der Waals surface area contributed by atoms with E-state index in [1.54, 1.807) is 6.92 Å². The minimum Gasteiger partial charge on any atom is -0.394 e. The van der Waals surface area contributed by atoms with Crippen LogP contribution in [0.2, 0.25) is 0 Å². The zero-order valence-electron chi connectivity index (χ0n) is 9.56. The van der Waals surface area contributed by atoms with E-state index < -0.39 is 5.54 Å². The fraction of sp³-hybridized carbons (Fsp3) is 0.600. The SMILES string of the molecule is CCc1c(N)ncnc1NC(C)(CO)CO. The highest BCUT2D eigenvalue weighted by atomic mass is 16.3. The van der Waals surface area contributed by atoms with Gasteiger partial charge in [0, 0.05) is 5.56 Å². The molecule has 0 aromatic carbocycles. The molecule has 0 fully saturated rings. The average molecular weight is 226 g/mol. The van der Waals surface area contributed by atoms with Gasteiger partial charge in [0.2, 0.25) is 0 Å². The minimum absolute atomic E-state index is 0.198. The van der Waals surface area contributed by atoms with Gasteiger partial charge in [-0.3, -0.25) is 0 Å². The molecule has 6 heteroatoms. The summed E-state index contributed by atoms with van der Waals surface area (Å²) in [4.78, 5) is 7.96. The molecule has 16 heavy (non-hydrogen) atoms. The second-order valence-electron chi connectivity index (χ2n) is 3.94. The number of hydrogen-bond acceptors (Lipinski definition) is 6. The molecule has 0 aliphatic carbocycles. The monoisotopic (exact) mass is 226 g/mol. The molecule has 0 aliphatic rings. The molecule has 0 unspecified atom stereocenters. The second-order valence-corrected chi connectivity index (χ2v) is 3.94. The number of nitrogen functional groups attached to an aromatic ring is 1. The van der Waals surface area contributed by atoms with Gasteiger partial charge < -0.3 is 21.3 Å². The second kappa shape index (κ2) is 5.09. The van der Waals surface area contributed by atoms with Crippen molar-refractivity contribution in [1.29, 1.82) is 0 Å². The van der Waals surface area contributed by atoms with E-state index in [-0.39, 0.29) is 13.2 Å². The molecular formula is C10H18N4O2. The molecular weight excluding hydrogens is 208 g/mol. The van der Waals surface area contributed by atoms with Crippen molar-refractivity contribution in [1.82, 2.24) is 9.97 Å². The first-order valence-electron chi connectivity index (χ1n) is 5.15. The summed E-state index contributed by atoms with van der Waals surface area (Å²) in [5.74, 6) is 0.971. The van der Waals surface area contributed by atoms with Crippen LogP contribution in [-0.2, 0) is 6.42 Å². The number of aliphatic hydroxyl groups is 2. The molecule has 0 radical (unpaired) electrons. The molecule has 0 saturated heterocycles. The van der Waals surface area contributed by atoms with Crippen molar-refractivity contribution < 1.29 is 10.2 Å². The molecule has 0 amide bonds. The minimum atomic E-state index is -0.815. The van der Waals surface area contributed by atoms with Gasteiger partial charge in [-0.1, -0.05) is 6.92 Å². The van der Waals surface area contributed by atoms with E-state index in [1.807, 2.05) is 6.92 Å². The molecule has 0 atom stereocenters.